The lowest BCUT2D eigenvalue weighted by atomic mass is 10.1. The minimum absolute atomic E-state index is 0.436. The molecule has 0 aromatic carbocycles. The highest BCUT2D eigenvalue weighted by molar-refractivity contribution is 14.1. The van der Waals surface area contributed by atoms with Crippen molar-refractivity contribution in [1.29, 1.82) is 0 Å². The lowest BCUT2D eigenvalue weighted by Crippen LogP contribution is -2.41. The fraction of sp³-hybridized carbons (Fsp3) is 0.636. The highest BCUT2D eigenvalue weighted by Crippen LogP contribution is 2.25. The van der Waals surface area contributed by atoms with E-state index < -0.39 is 0 Å². The molecule has 0 saturated carbocycles. The highest BCUT2D eigenvalue weighted by atomic mass is 127. The van der Waals surface area contributed by atoms with E-state index in [1.807, 2.05) is 6.20 Å². The monoisotopic (exact) mass is 332 g/mol. The minimum atomic E-state index is 0.436. The van der Waals surface area contributed by atoms with Crippen molar-refractivity contribution >= 4 is 28.4 Å². The molecule has 16 heavy (non-hydrogen) atoms. The van der Waals surface area contributed by atoms with Crippen LogP contribution in [-0.2, 0) is 0 Å². The standard InChI is InChI=1S/C11H17IN4/c12-10-7-14-8-15-11(10)16-5-3-1-2-4-9(16)6-13/h7-9H,1-6,13H2. The zero-order valence-electron chi connectivity index (χ0n) is 9.27. The number of anilines is 1. The van der Waals surface area contributed by atoms with E-state index in [1.165, 1.54) is 25.7 Å². The highest BCUT2D eigenvalue weighted by Gasteiger charge is 2.22. The van der Waals surface area contributed by atoms with Crippen molar-refractivity contribution in [3.05, 3.63) is 16.1 Å². The number of hydrogen-bond donors (Lipinski definition) is 1. The van der Waals surface area contributed by atoms with Gasteiger partial charge >= 0.3 is 0 Å². The van der Waals surface area contributed by atoms with Crippen LogP contribution in [-0.4, -0.2) is 29.1 Å². The Hall–Kier alpha value is -0.430. The summed E-state index contributed by atoms with van der Waals surface area (Å²) in [4.78, 5) is 10.8. The third-order valence-corrected chi connectivity index (χ3v) is 3.83. The second-order valence-corrected chi connectivity index (χ2v) is 5.29. The summed E-state index contributed by atoms with van der Waals surface area (Å²) in [7, 11) is 0. The molecule has 2 heterocycles. The average molecular weight is 332 g/mol. The van der Waals surface area contributed by atoms with E-state index in [0.717, 1.165) is 15.9 Å². The van der Waals surface area contributed by atoms with Gasteiger partial charge in [0.15, 0.2) is 0 Å². The van der Waals surface area contributed by atoms with Gasteiger partial charge in [0.2, 0.25) is 0 Å². The maximum atomic E-state index is 5.86. The lowest BCUT2D eigenvalue weighted by molar-refractivity contribution is 0.574. The van der Waals surface area contributed by atoms with E-state index in [-0.39, 0.29) is 0 Å². The van der Waals surface area contributed by atoms with E-state index in [4.69, 9.17) is 5.73 Å². The van der Waals surface area contributed by atoms with Crippen molar-refractivity contribution in [2.45, 2.75) is 31.7 Å². The molecule has 1 unspecified atom stereocenters. The summed E-state index contributed by atoms with van der Waals surface area (Å²) >= 11 is 2.29. The van der Waals surface area contributed by atoms with Crippen LogP contribution >= 0.6 is 22.6 Å². The number of nitrogens with two attached hydrogens (primary N) is 1. The van der Waals surface area contributed by atoms with Gasteiger partial charge in [0.1, 0.15) is 12.1 Å². The van der Waals surface area contributed by atoms with E-state index in [0.29, 0.717) is 12.6 Å². The molecule has 0 spiro atoms. The van der Waals surface area contributed by atoms with Crippen molar-refractivity contribution in [1.82, 2.24) is 9.97 Å². The molecule has 1 atom stereocenters. The molecule has 1 aliphatic heterocycles. The normalized spacial score (nSPS) is 21.9. The molecule has 4 nitrogen and oxygen atoms in total. The molecular formula is C11H17IN4. The van der Waals surface area contributed by atoms with Crippen LogP contribution in [0.4, 0.5) is 5.82 Å². The molecule has 1 aromatic heterocycles. The van der Waals surface area contributed by atoms with Crippen LogP contribution in [0, 0.1) is 3.57 Å². The van der Waals surface area contributed by atoms with Crippen LogP contribution in [0.2, 0.25) is 0 Å². The average Bonchev–Trinajstić information content (AvgIpc) is 2.54. The predicted molar refractivity (Wildman–Crippen MR) is 73.4 cm³/mol. The van der Waals surface area contributed by atoms with Gasteiger partial charge in [0, 0.05) is 25.3 Å². The SMILES string of the molecule is NCC1CCCCCN1c1ncncc1I. The number of hydrogen-bond acceptors (Lipinski definition) is 4. The molecule has 2 rings (SSSR count). The molecule has 88 valence electrons. The van der Waals surface area contributed by atoms with Crippen molar-refractivity contribution in [3.8, 4) is 0 Å². The van der Waals surface area contributed by atoms with E-state index in [9.17, 15) is 0 Å². The summed E-state index contributed by atoms with van der Waals surface area (Å²) in [6.07, 6.45) is 8.47. The van der Waals surface area contributed by atoms with E-state index >= 15 is 0 Å². The molecule has 1 aromatic rings. The zero-order valence-corrected chi connectivity index (χ0v) is 11.4. The summed E-state index contributed by atoms with van der Waals surface area (Å²) in [5, 5.41) is 0. The summed E-state index contributed by atoms with van der Waals surface area (Å²) < 4.78 is 1.11. The molecule has 1 aliphatic rings. The molecule has 1 saturated heterocycles. The first-order valence-corrected chi connectivity index (χ1v) is 6.83. The van der Waals surface area contributed by atoms with Gasteiger partial charge in [-0.3, -0.25) is 0 Å². The van der Waals surface area contributed by atoms with Crippen LogP contribution in [0.15, 0.2) is 12.5 Å². The molecule has 1 fully saturated rings. The van der Waals surface area contributed by atoms with Gasteiger partial charge in [-0.1, -0.05) is 12.8 Å². The second kappa shape index (κ2) is 5.77. The first-order chi connectivity index (χ1) is 7.83. The maximum Gasteiger partial charge on any atom is 0.145 e. The van der Waals surface area contributed by atoms with Gasteiger partial charge in [-0.05, 0) is 35.4 Å². The topological polar surface area (TPSA) is 55.0 Å². The van der Waals surface area contributed by atoms with Crippen molar-refractivity contribution in [2.75, 3.05) is 18.0 Å². The Kier molecular flexibility index (Phi) is 4.34. The Balaban J connectivity index is 2.25. The molecule has 2 N–H and O–H groups in total. The van der Waals surface area contributed by atoms with Crippen LogP contribution in [0.5, 0.6) is 0 Å². The predicted octanol–water partition coefficient (Wildman–Crippen LogP) is 1.79. The van der Waals surface area contributed by atoms with Crippen molar-refractivity contribution < 1.29 is 0 Å². The zero-order chi connectivity index (χ0) is 11.4. The maximum absolute atomic E-state index is 5.86. The fourth-order valence-corrected chi connectivity index (χ4v) is 2.83. The molecule has 0 bridgehead atoms. The Bertz CT molecular complexity index is 345. The van der Waals surface area contributed by atoms with Gasteiger partial charge in [0.25, 0.3) is 0 Å². The van der Waals surface area contributed by atoms with Gasteiger partial charge in [-0.2, -0.15) is 0 Å². The summed E-state index contributed by atoms with van der Waals surface area (Å²) in [6, 6.07) is 0.436. The van der Waals surface area contributed by atoms with Crippen LogP contribution in [0.3, 0.4) is 0 Å². The molecular weight excluding hydrogens is 315 g/mol. The molecule has 0 amide bonds. The van der Waals surface area contributed by atoms with E-state index in [1.54, 1.807) is 6.33 Å². The fourth-order valence-electron chi connectivity index (χ4n) is 2.22. The first kappa shape index (κ1) is 12.0. The summed E-state index contributed by atoms with van der Waals surface area (Å²) in [5.74, 6) is 1.05. The third kappa shape index (κ3) is 2.63. The molecule has 0 radical (unpaired) electrons. The summed E-state index contributed by atoms with van der Waals surface area (Å²) in [5.41, 5.74) is 5.86. The quantitative estimate of drug-likeness (QED) is 0.839. The Morgan fingerprint density at radius 3 is 3.06 bits per heavy atom. The van der Waals surface area contributed by atoms with Crippen LogP contribution in [0.25, 0.3) is 0 Å². The summed E-state index contributed by atoms with van der Waals surface area (Å²) in [6.45, 7) is 1.77. The van der Waals surface area contributed by atoms with Crippen LogP contribution in [0.1, 0.15) is 25.7 Å². The van der Waals surface area contributed by atoms with Gasteiger partial charge in [-0.15, -0.1) is 0 Å². The van der Waals surface area contributed by atoms with Gasteiger partial charge in [0.05, 0.1) is 3.57 Å². The Morgan fingerprint density at radius 2 is 2.31 bits per heavy atom. The smallest absolute Gasteiger partial charge is 0.145 e. The third-order valence-electron chi connectivity index (χ3n) is 3.07. The van der Waals surface area contributed by atoms with Crippen LogP contribution < -0.4 is 10.6 Å². The van der Waals surface area contributed by atoms with Crippen molar-refractivity contribution in [2.24, 2.45) is 5.73 Å². The Morgan fingerprint density at radius 1 is 1.44 bits per heavy atom. The molecule has 5 heteroatoms. The van der Waals surface area contributed by atoms with E-state index in [2.05, 4.69) is 37.5 Å². The van der Waals surface area contributed by atoms with Gasteiger partial charge in [-0.25, -0.2) is 9.97 Å². The van der Waals surface area contributed by atoms with Gasteiger partial charge < -0.3 is 10.6 Å². The Labute approximate surface area is 110 Å². The number of halogens is 1. The largest absolute Gasteiger partial charge is 0.351 e. The number of nitrogens with zero attached hydrogens (tertiary/aromatic N) is 3. The number of rotatable bonds is 2. The van der Waals surface area contributed by atoms with Crippen molar-refractivity contribution in [3.63, 3.8) is 0 Å². The second-order valence-electron chi connectivity index (χ2n) is 4.13. The number of aromatic nitrogens is 2. The minimum Gasteiger partial charge on any atom is -0.351 e. The molecule has 0 aliphatic carbocycles. The lowest BCUT2D eigenvalue weighted by Gasteiger charge is -2.30. The first-order valence-electron chi connectivity index (χ1n) is 5.75.